The molecular weight excluding hydrogens is 407 g/mol. The van der Waals surface area contributed by atoms with Gasteiger partial charge in [-0.15, -0.1) is 0 Å². The van der Waals surface area contributed by atoms with Crippen LogP contribution in [0.25, 0.3) is 11.2 Å². The van der Waals surface area contributed by atoms with Crippen molar-refractivity contribution in [3.63, 3.8) is 0 Å². The average Bonchev–Trinajstić information content (AvgIpc) is 3.11. The Morgan fingerprint density at radius 2 is 1.79 bits per heavy atom. The Bertz CT molecular complexity index is 1260. The highest BCUT2D eigenvalue weighted by atomic mass is 35.5. The molecule has 0 aliphatic heterocycles. The molecular formula is C17H12ClFN6O2S. The van der Waals surface area contributed by atoms with Crippen molar-refractivity contribution >= 4 is 50.1 Å². The molecule has 0 saturated heterocycles. The Morgan fingerprint density at radius 1 is 1.04 bits per heavy atom. The lowest BCUT2D eigenvalue weighted by molar-refractivity contribution is 0.599. The smallest absolute Gasteiger partial charge is 0.261 e. The lowest BCUT2D eigenvalue weighted by Gasteiger charge is -2.10. The third-order valence-corrected chi connectivity index (χ3v) is 5.41. The molecule has 4 rings (SSSR count). The maximum Gasteiger partial charge on any atom is 0.261 e. The lowest BCUT2D eigenvalue weighted by atomic mass is 10.3. The molecule has 2 heterocycles. The van der Waals surface area contributed by atoms with Crippen LogP contribution in [0.3, 0.4) is 0 Å². The predicted octanol–water partition coefficient (Wildman–Crippen LogP) is 3.69. The van der Waals surface area contributed by atoms with Gasteiger partial charge in [0.25, 0.3) is 10.0 Å². The van der Waals surface area contributed by atoms with Crippen LogP contribution < -0.4 is 10.0 Å². The fourth-order valence-electron chi connectivity index (χ4n) is 2.47. The molecule has 0 saturated carbocycles. The number of aromatic amines is 1. The van der Waals surface area contributed by atoms with Gasteiger partial charge in [-0.25, -0.2) is 17.8 Å². The van der Waals surface area contributed by atoms with Crippen molar-refractivity contribution in [3.8, 4) is 0 Å². The topological polar surface area (TPSA) is 113 Å². The number of rotatable bonds is 5. The van der Waals surface area contributed by atoms with E-state index in [1.807, 2.05) is 0 Å². The van der Waals surface area contributed by atoms with E-state index < -0.39 is 15.8 Å². The van der Waals surface area contributed by atoms with E-state index in [9.17, 15) is 12.8 Å². The highest BCUT2D eigenvalue weighted by Gasteiger charge is 2.15. The molecule has 0 radical (unpaired) electrons. The highest BCUT2D eigenvalue weighted by molar-refractivity contribution is 7.92. The molecule has 142 valence electrons. The number of hydrogen-bond acceptors (Lipinski definition) is 6. The molecule has 0 unspecified atom stereocenters. The number of imidazole rings is 1. The highest BCUT2D eigenvalue weighted by Crippen LogP contribution is 2.24. The van der Waals surface area contributed by atoms with Crippen LogP contribution in [0.15, 0.2) is 59.8 Å². The van der Waals surface area contributed by atoms with Gasteiger partial charge in [-0.05, 0) is 42.5 Å². The van der Waals surface area contributed by atoms with Crippen LogP contribution in [0, 0.1) is 5.82 Å². The molecule has 8 nitrogen and oxygen atoms in total. The van der Waals surface area contributed by atoms with Crippen LogP contribution in [0.2, 0.25) is 5.15 Å². The summed E-state index contributed by atoms with van der Waals surface area (Å²) in [5.74, 6) is -0.305. The fraction of sp³-hybridized carbons (Fsp3) is 0. The number of hydrogen-bond donors (Lipinski definition) is 3. The minimum Gasteiger partial charge on any atom is -0.341 e. The Hall–Kier alpha value is -3.24. The molecule has 0 fully saturated rings. The summed E-state index contributed by atoms with van der Waals surface area (Å²) in [7, 11) is -3.86. The lowest BCUT2D eigenvalue weighted by Crippen LogP contribution is -2.13. The first-order valence-electron chi connectivity index (χ1n) is 7.93. The van der Waals surface area contributed by atoms with Crippen LogP contribution >= 0.6 is 11.6 Å². The quantitative estimate of drug-likeness (QED) is 0.426. The summed E-state index contributed by atoms with van der Waals surface area (Å²) >= 11 is 6.09. The van der Waals surface area contributed by atoms with E-state index >= 15 is 0 Å². The molecule has 0 aliphatic rings. The minimum absolute atomic E-state index is 0.0497. The number of fused-ring (bicyclic) bond motifs is 1. The van der Waals surface area contributed by atoms with Gasteiger partial charge >= 0.3 is 0 Å². The van der Waals surface area contributed by atoms with Crippen molar-refractivity contribution in [1.29, 1.82) is 0 Å². The first kappa shape index (κ1) is 18.1. The second-order valence-corrected chi connectivity index (χ2v) is 7.74. The fourth-order valence-corrected chi connectivity index (χ4v) is 3.74. The predicted molar refractivity (Wildman–Crippen MR) is 104 cm³/mol. The van der Waals surface area contributed by atoms with E-state index in [-0.39, 0.29) is 16.0 Å². The third kappa shape index (κ3) is 3.73. The SMILES string of the molecule is O=S(=O)(Nc1cccc(Nc2nc(Cl)c3[nH]cnc3n2)c1)c1ccc(F)cc1. The Kier molecular flexibility index (Phi) is 4.57. The number of nitrogens with one attached hydrogen (secondary N) is 3. The van der Waals surface area contributed by atoms with Crippen LogP contribution in [-0.4, -0.2) is 28.4 Å². The molecule has 0 atom stereocenters. The molecule has 28 heavy (non-hydrogen) atoms. The molecule has 0 bridgehead atoms. The summed E-state index contributed by atoms with van der Waals surface area (Å²) in [6, 6.07) is 11.0. The van der Waals surface area contributed by atoms with Gasteiger partial charge in [0.1, 0.15) is 11.3 Å². The number of nitrogens with zero attached hydrogens (tertiary/aromatic N) is 3. The van der Waals surface area contributed by atoms with E-state index in [2.05, 4.69) is 30.0 Å². The van der Waals surface area contributed by atoms with Gasteiger partial charge in [0, 0.05) is 5.69 Å². The largest absolute Gasteiger partial charge is 0.341 e. The Balaban J connectivity index is 1.58. The molecule has 0 aliphatic carbocycles. The second kappa shape index (κ2) is 7.06. The molecule has 4 aromatic rings. The normalized spacial score (nSPS) is 11.5. The van der Waals surface area contributed by atoms with Gasteiger partial charge in [-0.3, -0.25) is 4.72 Å². The van der Waals surface area contributed by atoms with E-state index in [0.29, 0.717) is 22.5 Å². The van der Waals surface area contributed by atoms with E-state index in [0.717, 1.165) is 12.1 Å². The van der Waals surface area contributed by atoms with Crippen LogP contribution in [0.4, 0.5) is 21.7 Å². The minimum atomic E-state index is -3.86. The number of anilines is 3. The molecule has 3 N–H and O–H groups in total. The van der Waals surface area contributed by atoms with E-state index in [4.69, 9.17) is 11.6 Å². The molecule has 11 heteroatoms. The third-order valence-electron chi connectivity index (χ3n) is 3.74. The number of benzene rings is 2. The molecule has 2 aromatic carbocycles. The van der Waals surface area contributed by atoms with Gasteiger partial charge in [-0.2, -0.15) is 9.97 Å². The standard InChI is InChI=1S/C17H12ClFN6O2S/c18-15-14-16(21-9-20-14)24-17(23-15)22-11-2-1-3-12(8-11)25-28(26,27)13-6-4-10(19)5-7-13/h1-9,25H,(H2,20,21,22,23,24). The monoisotopic (exact) mass is 418 g/mol. The summed E-state index contributed by atoms with van der Waals surface area (Å²) in [6.07, 6.45) is 1.46. The van der Waals surface area contributed by atoms with Crippen LogP contribution in [0.5, 0.6) is 0 Å². The Morgan fingerprint density at radius 3 is 2.57 bits per heavy atom. The van der Waals surface area contributed by atoms with Crippen molar-refractivity contribution < 1.29 is 12.8 Å². The number of sulfonamides is 1. The average molecular weight is 419 g/mol. The van der Waals surface area contributed by atoms with Crippen LogP contribution in [0.1, 0.15) is 0 Å². The summed E-state index contributed by atoms with van der Waals surface area (Å²) in [4.78, 5) is 15.2. The molecule has 0 spiro atoms. The maximum absolute atomic E-state index is 13.0. The first-order chi connectivity index (χ1) is 13.4. The van der Waals surface area contributed by atoms with Crippen molar-refractivity contribution in [2.24, 2.45) is 0 Å². The Labute approximate surface area is 163 Å². The van der Waals surface area contributed by atoms with Gasteiger partial charge < -0.3 is 10.3 Å². The van der Waals surface area contributed by atoms with Gasteiger partial charge in [0.15, 0.2) is 10.8 Å². The number of H-pyrrole nitrogens is 1. The van der Waals surface area contributed by atoms with E-state index in [1.165, 1.54) is 18.5 Å². The zero-order valence-corrected chi connectivity index (χ0v) is 15.6. The van der Waals surface area contributed by atoms with Gasteiger partial charge in [0.2, 0.25) is 5.95 Å². The van der Waals surface area contributed by atoms with Crippen molar-refractivity contribution in [2.75, 3.05) is 10.0 Å². The van der Waals surface area contributed by atoms with Crippen molar-refractivity contribution in [3.05, 3.63) is 65.8 Å². The summed E-state index contributed by atoms with van der Waals surface area (Å²) in [6.45, 7) is 0. The summed E-state index contributed by atoms with van der Waals surface area (Å²) in [5.41, 5.74) is 1.76. The van der Waals surface area contributed by atoms with Gasteiger partial charge in [-0.1, -0.05) is 17.7 Å². The number of halogens is 2. The first-order valence-corrected chi connectivity index (χ1v) is 9.79. The van der Waals surface area contributed by atoms with Crippen molar-refractivity contribution in [1.82, 2.24) is 19.9 Å². The summed E-state index contributed by atoms with van der Waals surface area (Å²) < 4.78 is 40.3. The van der Waals surface area contributed by atoms with Crippen molar-refractivity contribution in [2.45, 2.75) is 4.90 Å². The zero-order chi connectivity index (χ0) is 19.7. The summed E-state index contributed by atoms with van der Waals surface area (Å²) in [5, 5.41) is 3.16. The molecule has 2 aromatic heterocycles. The second-order valence-electron chi connectivity index (χ2n) is 5.70. The maximum atomic E-state index is 13.0. The van der Waals surface area contributed by atoms with E-state index in [1.54, 1.807) is 24.3 Å². The van der Waals surface area contributed by atoms with Crippen LogP contribution in [-0.2, 0) is 10.0 Å². The number of aromatic nitrogens is 4. The zero-order valence-electron chi connectivity index (χ0n) is 14.0. The van der Waals surface area contributed by atoms with Gasteiger partial charge in [0.05, 0.1) is 16.9 Å². The molecule has 0 amide bonds.